The van der Waals surface area contributed by atoms with E-state index in [0.29, 0.717) is 12.8 Å². The molecule has 0 unspecified atom stereocenters. The Balaban J connectivity index is 2.62. The van der Waals surface area contributed by atoms with Crippen LogP contribution in [-0.2, 0) is 9.59 Å². The van der Waals surface area contributed by atoms with Crippen LogP contribution in [0.15, 0.2) is 0 Å². The molecule has 0 spiro atoms. The molecule has 0 aromatic carbocycles. The van der Waals surface area contributed by atoms with E-state index in [4.69, 9.17) is 0 Å². The Bertz CT molecular complexity index is 325. The standard InChI is InChI=1S/C12H19N3O2/c1-14-10(16)8-15-11(17)12(9-13)6-4-2-3-5-7-12/h2-8H2,1H3,(H,14,16)(H,15,17). The number of hydrogen-bond donors (Lipinski definition) is 2. The van der Waals surface area contributed by atoms with E-state index in [0.717, 1.165) is 25.7 Å². The first-order valence-corrected chi connectivity index (χ1v) is 6.05. The second-order valence-electron chi connectivity index (χ2n) is 4.46. The molecular weight excluding hydrogens is 218 g/mol. The Morgan fingerprint density at radius 3 is 2.29 bits per heavy atom. The van der Waals surface area contributed by atoms with Crippen LogP contribution in [-0.4, -0.2) is 25.4 Å². The summed E-state index contributed by atoms with van der Waals surface area (Å²) >= 11 is 0. The van der Waals surface area contributed by atoms with E-state index >= 15 is 0 Å². The Morgan fingerprint density at radius 1 is 1.24 bits per heavy atom. The Kier molecular flexibility index (Phi) is 4.95. The maximum absolute atomic E-state index is 12.0. The van der Waals surface area contributed by atoms with E-state index < -0.39 is 5.41 Å². The highest BCUT2D eigenvalue weighted by Crippen LogP contribution is 2.34. The smallest absolute Gasteiger partial charge is 0.240 e. The van der Waals surface area contributed by atoms with Crippen LogP contribution < -0.4 is 10.6 Å². The molecule has 0 saturated heterocycles. The number of nitrogens with zero attached hydrogens (tertiary/aromatic N) is 1. The van der Waals surface area contributed by atoms with Crippen molar-refractivity contribution in [3.8, 4) is 6.07 Å². The molecule has 0 aromatic rings. The van der Waals surface area contributed by atoms with Crippen LogP contribution in [0.2, 0.25) is 0 Å². The molecule has 17 heavy (non-hydrogen) atoms. The number of carbonyl (C=O) groups is 2. The van der Waals surface area contributed by atoms with Gasteiger partial charge in [-0.3, -0.25) is 9.59 Å². The fourth-order valence-electron chi connectivity index (χ4n) is 2.14. The molecule has 5 nitrogen and oxygen atoms in total. The molecule has 0 radical (unpaired) electrons. The highest BCUT2D eigenvalue weighted by Gasteiger charge is 2.38. The van der Waals surface area contributed by atoms with Crippen LogP contribution >= 0.6 is 0 Å². The fourth-order valence-corrected chi connectivity index (χ4v) is 2.14. The lowest BCUT2D eigenvalue weighted by atomic mass is 9.81. The van der Waals surface area contributed by atoms with Crippen molar-refractivity contribution in [3.63, 3.8) is 0 Å². The monoisotopic (exact) mass is 237 g/mol. The third kappa shape index (κ3) is 3.45. The number of amides is 2. The van der Waals surface area contributed by atoms with E-state index in [1.807, 2.05) is 0 Å². The molecule has 0 aromatic heterocycles. The molecule has 1 aliphatic rings. The SMILES string of the molecule is CNC(=O)CNC(=O)C1(C#N)CCCCCC1. The third-order valence-corrected chi connectivity index (χ3v) is 3.29. The summed E-state index contributed by atoms with van der Waals surface area (Å²) in [7, 11) is 1.51. The van der Waals surface area contributed by atoms with E-state index in [-0.39, 0.29) is 18.4 Å². The number of carbonyl (C=O) groups excluding carboxylic acids is 2. The molecule has 0 bridgehead atoms. The quantitative estimate of drug-likeness (QED) is 0.709. The minimum absolute atomic E-state index is 0.0568. The average Bonchev–Trinajstić information content (AvgIpc) is 2.61. The van der Waals surface area contributed by atoms with Crippen molar-refractivity contribution >= 4 is 11.8 Å². The molecule has 1 aliphatic carbocycles. The van der Waals surface area contributed by atoms with Crippen molar-refractivity contribution in [2.75, 3.05) is 13.6 Å². The van der Waals surface area contributed by atoms with E-state index in [1.54, 1.807) is 0 Å². The zero-order valence-corrected chi connectivity index (χ0v) is 10.2. The Morgan fingerprint density at radius 2 is 1.82 bits per heavy atom. The summed E-state index contributed by atoms with van der Waals surface area (Å²) in [6.45, 7) is -0.0568. The fraction of sp³-hybridized carbons (Fsp3) is 0.750. The highest BCUT2D eigenvalue weighted by molar-refractivity contribution is 5.89. The van der Waals surface area contributed by atoms with Crippen molar-refractivity contribution in [2.45, 2.75) is 38.5 Å². The van der Waals surface area contributed by atoms with Crippen molar-refractivity contribution in [2.24, 2.45) is 5.41 Å². The Hall–Kier alpha value is -1.57. The van der Waals surface area contributed by atoms with Gasteiger partial charge in [0, 0.05) is 7.05 Å². The second-order valence-corrected chi connectivity index (χ2v) is 4.46. The normalized spacial score (nSPS) is 18.6. The molecular formula is C12H19N3O2. The molecule has 1 rings (SSSR count). The predicted molar refractivity (Wildman–Crippen MR) is 62.8 cm³/mol. The summed E-state index contributed by atoms with van der Waals surface area (Å²) in [5.41, 5.74) is -0.926. The summed E-state index contributed by atoms with van der Waals surface area (Å²) < 4.78 is 0. The van der Waals surface area contributed by atoms with Crippen molar-refractivity contribution in [1.82, 2.24) is 10.6 Å². The number of nitriles is 1. The van der Waals surface area contributed by atoms with Gasteiger partial charge in [0.05, 0.1) is 12.6 Å². The lowest BCUT2D eigenvalue weighted by molar-refractivity contribution is -0.131. The van der Waals surface area contributed by atoms with Gasteiger partial charge in [-0.1, -0.05) is 25.7 Å². The average molecular weight is 237 g/mol. The maximum atomic E-state index is 12.0. The van der Waals surface area contributed by atoms with Crippen LogP contribution in [0.1, 0.15) is 38.5 Å². The van der Waals surface area contributed by atoms with Crippen molar-refractivity contribution in [1.29, 1.82) is 5.26 Å². The third-order valence-electron chi connectivity index (χ3n) is 3.29. The lowest BCUT2D eigenvalue weighted by Crippen LogP contribution is -2.44. The first-order chi connectivity index (χ1) is 8.14. The van der Waals surface area contributed by atoms with Gasteiger partial charge in [-0.2, -0.15) is 5.26 Å². The van der Waals surface area contributed by atoms with Gasteiger partial charge in [0.2, 0.25) is 11.8 Å². The van der Waals surface area contributed by atoms with Crippen LogP contribution in [0.3, 0.4) is 0 Å². The summed E-state index contributed by atoms with van der Waals surface area (Å²) in [5.74, 6) is -0.550. The van der Waals surface area contributed by atoms with Gasteiger partial charge >= 0.3 is 0 Å². The second kappa shape index (κ2) is 6.24. The van der Waals surface area contributed by atoms with Crippen molar-refractivity contribution in [3.05, 3.63) is 0 Å². The molecule has 2 N–H and O–H groups in total. The van der Waals surface area contributed by atoms with E-state index in [2.05, 4.69) is 16.7 Å². The van der Waals surface area contributed by atoms with Crippen LogP contribution in [0.5, 0.6) is 0 Å². The molecule has 5 heteroatoms. The van der Waals surface area contributed by atoms with E-state index in [1.165, 1.54) is 7.05 Å². The van der Waals surface area contributed by atoms with Gasteiger partial charge in [0.15, 0.2) is 0 Å². The van der Waals surface area contributed by atoms with Gasteiger partial charge < -0.3 is 10.6 Å². The zero-order valence-electron chi connectivity index (χ0n) is 10.2. The van der Waals surface area contributed by atoms with Gasteiger partial charge in [-0.25, -0.2) is 0 Å². The molecule has 1 fully saturated rings. The molecule has 0 atom stereocenters. The largest absolute Gasteiger partial charge is 0.358 e. The molecule has 1 saturated carbocycles. The molecule has 0 heterocycles. The zero-order chi connectivity index (χ0) is 12.7. The van der Waals surface area contributed by atoms with Gasteiger partial charge in [0.25, 0.3) is 0 Å². The summed E-state index contributed by atoms with van der Waals surface area (Å²) in [6, 6.07) is 2.16. The van der Waals surface area contributed by atoms with Crippen LogP contribution in [0.25, 0.3) is 0 Å². The van der Waals surface area contributed by atoms with Gasteiger partial charge in [-0.15, -0.1) is 0 Å². The van der Waals surface area contributed by atoms with E-state index in [9.17, 15) is 14.9 Å². The number of likely N-dealkylation sites (N-methyl/N-ethyl adjacent to an activating group) is 1. The number of nitrogens with one attached hydrogen (secondary N) is 2. The molecule has 0 aliphatic heterocycles. The highest BCUT2D eigenvalue weighted by atomic mass is 16.2. The van der Waals surface area contributed by atoms with Gasteiger partial charge in [-0.05, 0) is 12.8 Å². The van der Waals surface area contributed by atoms with Crippen LogP contribution in [0.4, 0.5) is 0 Å². The van der Waals surface area contributed by atoms with Gasteiger partial charge in [0.1, 0.15) is 5.41 Å². The maximum Gasteiger partial charge on any atom is 0.240 e. The first kappa shape index (κ1) is 13.5. The predicted octanol–water partition coefficient (Wildman–Crippen LogP) is 0.713. The summed E-state index contributed by atoms with van der Waals surface area (Å²) in [5, 5.41) is 14.2. The van der Waals surface area contributed by atoms with Crippen molar-refractivity contribution < 1.29 is 9.59 Å². The minimum atomic E-state index is -0.926. The lowest BCUT2D eigenvalue weighted by Gasteiger charge is -2.23. The molecule has 2 amide bonds. The first-order valence-electron chi connectivity index (χ1n) is 6.05. The number of rotatable bonds is 3. The van der Waals surface area contributed by atoms with Crippen LogP contribution in [0, 0.1) is 16.7 Å². The Labute approximate surface area is 102 Å². The number of hydrogen-bond acceptors (Lipinski definition) is 3. The topological polar surface area (TPSA) is 82.0 Å². The summed E-state index contributed by atoms with van der Waals surface area (Å²) in [4.78, 5) is 23.1. The minimum Gasteiger partial charge on any atom is -0.358 e. The molecule has 94 valence electrons. The summed E-state index contributed by atoms with van der Waals surface area (Å²) in [6.07, 6.45) is 5.16.